The molecule has 0 fully saturated rings. The molecule has 0 spiro atoms. The largest absolute Gasteiger partial charge is 0.309 e. The molecule has 1 unspecified atom stereocenters. The Morgan fingerprint density at radius 1 is 1.00 bits per heavy atom. The molecule has 0 aromatic carbocycles. The van der Waals surface area contributed by atoms with E-state index in [9.17, 15) is 0 Å². The third-order valence-corrected chi connectivity index (χ3v) is 3.92. The van der Waals surface area contributed by atoms with Gasteiger partial charge in [-0.1, -0.05) is 47.0 Å². The Hall–Kier alpha value is -0.0400. The molecule has 15 heavy (non-hydrogen) atoms. The summed E-state index contributed by atoms with van der Waals surface area (Å²) in [5.74, 6) is 0.900. The van der Waals surface area contributed by atoms with Crippen LogP contribution < -0.4 is 0 Å². The van der Waals surface area contributed by atoms with Crippen LogP contribution in [0.25, 0.3) is 0 Å². The molecule has 0 saturated carbocycles. The van der Waals surface area contributed by atoms with Crippen LogP contribution in [0, 0.1) is 11.3 Å². The summed E-state index contributed by atoms with van der Waals surface area (Å²) in [5, 5.41) is 0. The highest BCUT2D eigenvalue weighted by Crippen LogP contribution is 2.40. The minimum absolute atomic E-state index is 0.558. The van der Waals surface area contributed by atoms with Crippen molar-refractivity contribution in [1.29, 1.82) is 0 Å². The van der Waals surface area contributed by atoms with E-state index in [1.807, 2.05) is 0 Å². The lowest BCUT2D eigenvalue weighted by Crippen LogP contribution is -2.31. The molecule has 0 heterocycles. The van der Waals surface area contributed by atoms with Gasteiger partial charge in [0.2, 0.25) is 0 Å². The van der Waals surface area contributed by atoms with Gasteiger partial charge in [0, 0.05) is 0 Å². The summed E-state index contributed by atoms with van der Waals surface area (Å²) in [7, 11) is 4.36. The topological polar surface area (TPSA) is 3.24 Å². The Morgan fingerprint density at radius 2 is 1.53 bits per heavy atom. The lowest BCUT2D eigenvalue weighted by Gasteiger charge is -2.38. The molecule has 0 bridgehead atoms. The van der Waals surface area contributed by atoms with E-state index < -0.39 is 0 Å². The second-order valence-electron chi connectivity index (χ2n) is 5.47. The van der Waals surface area contributed by atoms with Crippen LogP contribution in [0.15, 0.2) is 0 Å². The second-order valence-corrected chi connectivity index (χ2v) is 5.47. The molecule has 0 aliphatic carbocycles. The number of hydrogen-bond acceptors (Lipinski definition) is 1. The zero-order valence-electron chi connectivity index (χ0n) is 11.8. The molecule has 0 aliphatic heterocycles. The smallest absolute Gasteiger partial charge is 0.00195 e. The molecule has 1 atom stereocenters. The highest BCUT2D eigenvalue weighted by Gasteiger charge is 2.30. The van der Waals surface area contributed by atoms with Gasteiger partial charge in [-0.3, -0.25) is 0 Å². The van der Waals surface area contributed by atoms with E-state index in [2.05, 4.69) is 46.7 Å². The highest BCUT2D eigenvalue weighted by atomic mass is 15.0. The normalized spacial score (nSPS) is 16.0. The maximum atomic E-state index is 2.50. The first-order valence-electron chi connectivity index (χ1n) is 6.64. The lowest BCUT2D eigenvalue weighted by atomic mass is 9.69. The van der Waals surface area contributed by atoms with E-state index in [0.29, 0.717) is 5.41 Å². The summed E-state index contributed by atoms with van der Waals surface area (Å²) < 4.78 is 0. The molecule has 0 N–H and O–H groups in total. The quantitative estimate of drug-likeness (QED) is 0.584. The van der Waals surface area contributed by atoms with Gasteiger partial charge in [0.15, 0.2) is 0 Å². The first-order chi connectivity index (χ1) is 7.00. The predicted octanol–water partition coefficient (Wildman–Crippen LogP) is 4.18. The molecule has 0 aromatic rings. The van der Waals surface area contributed by atoms with Crippen LogP contribution >= 0.6 is 0 Å². The van der Waals surface area contributed by atoms with Gasteiger partial charge < -0.3 is 4.90 Å². The van der Waals surface area contributed by atoms with Crippen LogP contribution in [0.2, 0.25) is 0 Å². The molecular formula is C14H31N. The van der Waals surface area contributed by atoms with E-state index in [0.717, 1.165) is 5.92 Å². The Morgan fingerprint density at radius 3 is 1.87 bits per heavy atom. The predicted molar refractivity (Wildman–Crippen MR) is 70.3 cm³/mol. The Balaban J connectivity index is 4.41. The fourth-order valence-electron chi connectivity index (χ4n) is 2.86. The SMILES string of the molecule is CCCC(C)(CCN(C)C)C(CC)CC. The average Bonchev–Trinajstić information content (AvgIpc) is 2.17. The van der Waals surface area contributed by atoms with Crippen molar-refractivity contribution in [3.05, 3.63) is 0 Å². The van der Waals surface area contributed by atoms with Crippen molar-refractivity contribution in [3.8, 4) is 0 Å². The Bertz CT molecular complexity index is 149. The fraction of sp³-hybridized carbons (Fsp3) is 1.00. The van der Waals surface area contributed by atoms with Crippen LogP contribution in [-0.2, 0) is 0 Å². The minimum Gasteiger partial charge on any atom is -0.309 e. The van der Waals surface area contributed by atoms with Gasteiger partial charge in [0.05, 0.1) is 0 Å². The first-order valence-corrected chi connectivity index (χ1v) is 6.64. The van der Waals surface area contributed by atoms with Crippen molar-refractivity contribution in [1.82, 2.24) is 4.90 Å². The zero-order chi connectivity index (χ0) is 11.9. The number of rotatable bonds is 8. The maximum absolute atomic E-state index is 2.50. The molecule has 1 heteroatoms. The summed E-state index contributed by atoms with van der Waals surface area (Å²) in [4.78, 5) is 2.32. The van der Waals surface area contributed by atoms with Gasteiger partial charge in [-0.15, -0.1) is 0 Å². The summed E-state index contributed by atoms with van der Waals surface area (Å²) in [6.07, 6.45) is 6.72. The number of hydrogen-bond donors (Lipinski definition) is 0. The van der Waals surface area contributed by atoms with Crippen molar-refractivity contribution >= 4 is 0 Å². The van der Waals surface area contributed by atoms with Crippen molar-refractivity contribution in [2.45, 2.75) is 59.8 Å². The third-order valence-electron chi connectivity index (χ3n) is 3.92. The van der Waals surface area contributed by atoms with Crippen molar-refractivity contribution < 1.29 is 0 Å². The Kier molecular flexibility index (Phi) is 7.25. The van der Waals surface area contributed by atoms with Crippen molar-refractivity contribution in [2.75, 3.05) is 20.6 Å². The second kappa shape index (κ2) is 7.27. The zero-order valence-corrected chi connectivity index (χ0v) is 11.8. The van der Waals surface area contributed by atoms with Gasteiger partial charge >= 0.3 is 0 Å². The maximum Gasteiger partial charge on any atom is -0.00195 e. The standard InChI is InChI=1S/C14H31N/c1-7-10-14(4,11-12-15(5)6)13(8-2)9-3/h13H,7-12H2,1-6H3. The van der Waals surface area contributed by atoms with Crippen LogP contribution in [0.1, 0.15) is 59.8 Å². The van der Waals surface area contributed by atoms with Gasteiger partial charge in [-0.2, -0.15) is 0 Å². The van der Waals surface area contributed by atoms with Gasteiger partial charge in [-0.25, -0.2) is 0 Å². The molecule has 1 nitrogen and oxygen atoms in total. The minimum atomic E-state index is 0.558. The monoisotopic (exact) mass is 213 g/mol. The Labute approximate surface area is 97.2 Å². The molecule has 0 aromatic heterocycles. The third kappa shape index (κ3) is 5.01. The fourth-order valence-corrected chi connectivity index (χ4v) is 2.86. The van der Waals surface area contributed by atoms with Crippen LogP contribution in [0.3, 0.4) is 0 Å². The van der Waals surface area contributed by atoms with Gasteiger partial charge in [0.1, 0.15) is 0 Å². The van der Waals surface area contributed by atoms with E-state index in [1.54, 1.807) is 0 Å². The summed E-state index contributed by atoms with van der Waals surface area (Å²) >= 11 is 0. The highest BCUT2D eigenvalue weighted by molar-refractivity contribution is 4.81. The molecule has 0 rings (SSSR count). The van der Waals surface area contributed by atoms with E-state index >= 15 is 0 Å². The van der Waals surface area contributed by atoms with E-state index in [4.69, 9.17) is 0 Å². The van der Waals surface area contributed by atoms with Crippen LogP contribution in [-0.4, -0.2) is 25.5 Å². The van der Waals surface area contributed by atoms with Crippen molar-refractivity contribution in [3.63, 3.8) is 0 Å². The molecule has 0 radical (unpaired) electrons. The van der Waals surface area contributed by atoms with Gasteiger partial charge in [0.25, 0.3) is 0 Å². The van der Waals surface area contributed by atoms with Gasteiger partial charge in [-0.05, 0) is 44.8 Å². The van der Waals surface area contributed by atoms with Crippen molar-refractivity contribution in [2.24, 2.45) is 11.3 Å². The van der Waals surface area contributed by atoms with E-state index in [1.165, 1.54) is 38.6 Å². The molecule has 0 saturated heterocycles. The molecule has 0 amide bonds. The number of nitrogens with zero attached hydrogens (tertiary/aromatic N) is 1. The summed E-state index contributed by atoms with van der Waals surface area (Å²) in [6.45, 7) is 10.7. The summed E-state index contributed by atoms with van der Waals surface area (Å²) in [5.41, 5.74) is 0.558. The first kappa shape index (κ1) is 15.0. The molecule has 92 valence electrons. The molecule has 0 aliphatic rings. The molecular weight excluding hydrogens is 182 g/mol. The lowest BCUT2D eigenvalue weighted by molar-refractivity contribution is 0.127. The van der Waals surface area contributed by atoms with Crippen LogP contribution in [0.5, 0.6) is 0 Å². The van der Waals surface area contributed by atoms with E-state index in [-0.39, 0.29) is 0 Å². The van der Waals surface area contributed by atoms with Crippen LogP contribution in [0.4, 0.5) is 0 Å². The average molecular weight is 213 g/mol. The summed E-state index contributed by atoms with van der Waals surface area (Å²) in [6, 6.07) is 0.